The van der Waals surface area contributed by atoms with Gasteiger partial charge in [0.15, 0.2) is 0 Å². The first-order valence-corrected chi connectivity index (χ1v) is 7.35. The van der Waals surface area contributed by atoms with E-state index >= 15 is 0 Å². The first kappa shape index (κ1) is 15.3. The van der Waals surface area contributed by atoms with Gasteiger partial charge in [-0.15, -0.1) is 0 Å². The number of piperidine rings is 1. The molecule has 1 heterocycles. The van der Waals surface area contributed by atoms with E-state index in [0.717, 1.165) is 31.6 Å². The van der Waals surface area contributed by atoms with Crippen LogP contribution in [0.25, 0.3) is 0 Å². The van der Waals surface area contributed by atoms with Gasteiger partial charge in [0.1, 0.15) is 0 Å². The van der Waals surface area contributed by atoms with Gasteiger partial charge >= 0.3 is 0 Å². The monoisotopic (exact) mass is 295 g/mol. The van der Waals surface area contributed by atoms with Gasteiger partial charge in [0.2, 0.25) is 5.91 Å². The van der Waals surface area contributed by atoms with Crippen LogP contribution in [0.15, 0.2) is 24.3 Å². The van der Waals surface area contributed by atoms with Gasteiger partial charge in [0.25, 0.3) is 0 Å². The minimum atomic E-state index is 0.0142. The topological polar surface area (TPSA) is 44.4 Å². The normalized spacial score (nSPS) is 18.8. The van der Waals surface area contributed by atoms with Crippen LogP contribution in [0.1, 0.15) is 19.8 Å². The molecule has 1 saturated heterocycles. The van der Waals surface area contributed by atoms with E-state index in [9.17, 15) is 4.79 Å². The lowest BCUT2D eigenvalue weighted by Crippen LogP contribution is -2.51. The Labute approximate surface area is 125 Å². The predicted octanol–water partition coefficient (Wildman–Crippen LogP) is 2.35. The third-order valence-corrected chi connectivity index (χ3v) is 4.27. The van der Waals surface area contributed by atoms with Gasteiger partial charge in [-0.25, -0.2) is 0 Å². The summed E-state index contributed by atoms with van der Waals surface area (Å²) in [6, 6.07) is 7.23. The largest absolute Gasteiger partial charge is 0.325 e. The molecule has 0 unspecified atom stereocenters. The van der Waals surface area contributed by atoms with E-state index in [4.69, 9.17) is 11.6 Å². The molecule has 2 rings (SSSR count). The molecule has 1 aromatic carbocycles. The van der Waals surface area contributed by atoms with Gasteiger partial charge in [-0.2, -0.15) is 0 Å². The molecule has 5 heteroatoms. The Hall–Kier alpha value is -1.10. The van der Waals surface area contributed by atoms with Crippen LogP contribution >= 0.6 is 11.6 Å². The average Bonchev–Trinajstić information content (AvgIpc) is 2.42. The lowest BCUT2D eigenvalue weighted by molar-refractivity contribution is -0.117. The Bertz CT molecular complexity index is 470. The Kier molecular flexibility index (Phi) is 5.02. The van der Waals surface area contributed by atoms with E-state index in [2.05, 4.69) is 22.5 Å². The van der Waals surface area contributed by atoms with E-state index in [1.54, 1.807) is 12.1 Å². The average molecular weight is 296 g/mol. The molecule has 0 aliphatic carbocycles. The molecule has 1 aliphatic rings. The molecule has 0 spiro atoms. The molecule has 0 bridgehead atoms. The number of hydrogen-bond donors (Lipinski definition) is 2. The summed E-state index contributed by atoms with van der Waals surface area (Å²) >= 11 is 5.90. The summed E-state index contributed by atoms with van der Waals surface area (Å²) < 4.78 is 0. The third-order valence-electron chi connectivity index (χ3n) is 4.04. The number of likely N-dealkylation sites (tertiary alicyclic amines) is 1. The van der Waals surface area contributed by atoms with Crippen molar-refractivity contribution in [1.29, 1.82) is 0 Å². The van der Waals surface area contributed by atoms with Crippen LogP contribution in [0, 0.1) is 0 Å². The van der Waals surface area contributed by atoms with Gasteiger partial charge in [-0.1, -0.05) is 17.7 Å². The molecule has 20 heavy (non-hydrogen) atoms. The minimum absolute atomic E-state index is 0.0142. The summed E-state index contributed by atoms with van der Waals surface area (Å²) in [7, 11) is 2.00. The fourth-order valence-corrected chi connectivity index (χ4v) is 2.61. The van der Waals surface area contributed by atoms with Crippen molar-refractivity contribution in [2.24, 2.45) is 0 Å². The first-order chi connectivity index (χ1) is 9.50. The van der Waals surface area contributed by atoms with Crippen LogP contribution in [-0.2, 0) is 4.79 Å². The molecule has 4 nitrogen and oxygen atoms in total. The standard InChI is InChI=1S/C15H22ClN3O/c1-15(17-2)6-8-19(9-7-15)11-14(20)18-13-5-3-4-12(16)10-13/h3-5,10,17H,6-9,11H2,1-2H3,(H,18,20). The van der Waals surface area contributed by atoms with Crippen molar-refractivity contribution < 1.29 is 4.79 Å². The van der Waals surface area contributed by atoms with Crippen LogP contribution in [0.4, 0.5) is 5.69 Å². The van der Waals surface area contributed by atoms with Gasteiger partial charge < -0.3 is 10.6 Å². The number of nitrogens with one attached hydrogen (secondary N) is 2. The summed E-state index contributed by atoms with van der Waals surface area (Å²) in [6.45, 7) is 4.56. The number of carbonyl (C=O) groups excluding carboxylic acids is 1. The Morgan fingerprint density at radius 1 is 1.40 bits per heavy atom. The zero-order chi connectivity index (χ0) is 14.6. The molecule has 110 valence electrons. The molecular weight excluding hydrogens is 274 g/mol. The molecular formula is C15H22ClN3O. The second kappa shape index (κ2) is 6.57. The summed E-state index contributed by atoms with van der Waals surface area (Å²) in [5.41, 5.74) is 0.958. The lowest BCUT2D eigenvalue weighted by atomic mass is 9.90. The Morgan fingerprint density at radius 2 is 2.10 bits per heavy atom. The van der Waals surface area contributed by atoms with Crippen molar-refractivity contribution in [3.05, 3.63) is 29.3 Å². The highest BCUT2D eigenvalue weighted by Gasteiger charge is 2.28. The highest BCUT2D eigenvalue weighted by atomic mass is 35.5. The van der Waals surface area contributed by atoms with Gasteiger partial charge in [0.05, 0.1) is 6.54 Å². The molecule has 0 aromatic heterocycles. The van der Waals surface area contributed by atoms with Crippen molar-refractivity contribution in [2.45, 2.75) is 25.3 Å². The molecule has 0 radical (unpaired) electrons. The van der Waals surface area contributed by atoms with E-state index in [0.29, 0.717) is 11.6 Å². The van der Waals surface area contributed by atoms with Gasteiger partial charge in [-0.05, 0) is 45.0 Å². The van der Waals surface area contributed by atoms with E-state index in [1.165, 1.54) is 0 Å². The number of benzene rings is 1. The number of halogens is 1. The van der Waals surface area contributed by atoms with Crippen LogP contribution in [0.3, 0.4) is 0 Å². The lowest BCUT2D eigenvalue weighted by Gasteiger charge is -2.39. The van der Waals surface area contributed by atoms with Gasteiger partial charge in [-0.3, -0.25) is 9.69 Å². The second-order valence-corrected chi connectivity index (χ2v) is 6.08. The first-order valence-electron chi connectivity index (χ1n) is 6.97. The summed E-state index contributed by atoms with van der Waals surface area (Å²) in [4.78, 5) is 14.2. The van der Waals surface area contributed by atoms with E-state index in [1.807, 2.05) is 19.2 Å². The summed E-state index contributed by atoms with van der Waals surface area (Å²) in [5.74, 6) is 0.0142. The predicted molar refractivity (Wildman–Crippen MR) is 83.2 cm³/mol. The minimum Gasteiger partial charge on any atom is -0.325 e. The van der Waals surface area contributed by atoms with Crippen molar-refractivity contribution in [3.63, 3.8) is 0 Å². The van der Waals surface area contributed by atoms with E-state index in [-0.39, 0.29) is 11.4 Å². The highest BCUT2D eigenvalue weighted by Crippen LogP contribution is 2.21. The number of rotatable bonds is 4. The molecule has 0 atom stereocenters. The number of carbonyl (C=O) groups is 1. The van der Waals surface area contributed by atoms with Crippen LogP contribution in [0.2, 0.25) is 5.02 Å². The second-order valence-electron chi connectivity index (χ2n) is 5.65. The maximum absolute atomic E-state index is 12.0. The van der Waals surface area contributed by atoms with E-state index < -0.39 is 0 Å². The fraction of sp³-hybridized carbons (Fsp3) is 0.533. The Balaban J connectivity index is 1.81. The van der Waals surface area contributed by atoms with Crippen molar-refractivity contribution in [2.75, 3.05) is 32.0 Å². The molecule has 1 aromatic rings. The molecule has 2 N–H and O–H groups in total. The number of hydrogen-bond acceptors (Lipinski definition) is 3. The maximum atomic E-state index is 12.0. The summed E-state index contributed by atoms with van der Waals surface area (Å²) in [5, 5.41) is 6.87. The van der Waals surface area contributed by atoms with Crippen LogP contribution < -0.4 is 10.6 Å². The molecule has 1 amide bonds. The number of anilines is 1. The highest BCUT2D eigenvalue weighted by molar-refractivity contribution is 6.30. The summed E-state index contributed by atoms with van der Waals surface area (Å²) in [6.07, 6.45) is 2.13. The smallest absolute Gasteiger partial charge is 0.238 e. The SMILES string of the molecule is CNC1(C)CCN(CC(=O)Nc2cccc(Cl)c2)CC1. The zero-order valence-electron chi connectivity index (χ0n) is 12.1. The van der Waals surface area contributed by atoms with Crippen LogP contribution in [-0.4, -0.2) is 43.0 Å². The van der Waals surface area contributed by atoms with Crippen LogP contribution in [0.5, 0.6) is 0 Å². The molecule has 1 fully saturated rings. The number of amides is 1. The van der Waals surface area contributed by atoms with Gasteiger partial charge in [0, 0.05) is 29.3 Å². The number of nitrogens with zero attached hydrogens (tertiary/aromatic N) is 1. The fourth-order valence-electron chi connectivity index (χ4n) is 2.42. The van der Waals surface area contributed by atoms with Crippen molar-refractivity contribution >= 4 is 23.2 Å². The van der Waals surface area contributed by atoms with Crippen molar-refractivity contribution in [3.8, 4) is 0 Å². The molecule has 1 aliphatic heterocycles. The zero-order valence-corrected chi connectivity index (χ0v) is 12.8. The maximum Gasteiger partial charge on any atom is 0.238 e. The Morgan fingerprint density at radius 3 is 2.70 bits per heavy atom. The quantitative estimate of drug-likeness (QED) is 0.896. The third kappa shape index (κ3) is 4.20. The molecule has 0 saturated carbocycles. The van der Waals surface area contributed by atoms with Crippen molar-refractivity contribution in [1.82, 2.24) is 10.2 Å².